The van der Waals surface area contributed by atoms with Gasteiger partial charge in [-0.25, -0.2) is 4.79 Å². The van der Waals surface area contributed by atoms with Crippen molar-refractivity contribution in [3.05, 3.63) is 23.8 Å². The number of hydrogen-bond acceptors (Lipinski definition) is 3. The van der Waals surface area contributed by atoms with Crippen molar-refractivity contribution in [2.45, 2.75) is 6.92 Å². The molecule has 19 heavy (non-hydrogen) atoms. The number of amides is 1. The van der Waals surface area contributed by atoms with Crippen molar-refractivity contribution >= 4 is 11.8 Å². The predicted octanol–water partition coefficient (Wildman–Crippen LogP) is -0.812. The Labute approximate surface area is 131 Å². The highest BCUT2D eigenvalue weighted by atomic mass is 127. The Morgan fingerprint density at radius 2 is 1.84 bits per heavy atom. The lowest BCUT2D eigenvalue weighted by Gasteiger charge is -2.24. The van der Waals surface area contributed by atoms with Crippen molar-refractivity contribution in [1.82, 2.24) is 9.55 Å². The number of aryl methyl sites for hydroxylation is 1. The SMILES string of the molecule is CON(C)C(=O)Oc1cc([N+](C)(C)C)ccc1C.[I-]. The van der Waals surface area contributed by atoms with E-state index in [9.17, 15) is 4.79 Å². The molecule has 0 aliphatic carbocycles. The number of halogens is 1. The third-order valence-corrected chi connectivity index (χ3v) is 2.67. The van der Waals surface area contributed by atoms with E-state index >= 15 is 0 Å². The maximum Gasteiger partial charge on any atom is 0.439 e. The summed E-state index contributed by atoms with van der Waals surface area (Å²) in [7, 11) is 9.07. The number of benzene rings is 1. The summed E-state index contributed by atoms with van der Waals surface area (Å²) in [5, 5.41) is 1.04. The molecule has 108 valence electrons. The minimum atomic E-state index is -0.542. The standard InChI is InChI=1S/C13H21N2O3.HI/c1-10-7-8-11(15(3,4)5)9-12(10)18-13(16)14(2)17-6;/h7-9H,1-6H3;1H/q+1;/p-1. The number of hydrogen-bond donors (Lipinski definition) is 0. The van der Waals surface area contributed by atoms with Crippen LogP contribution in [0, 0.1) is 6.92 Å². The molecule has 5 nitrogen and oxygen atoms in total. The van der Waals surface area contributed by atoms with Gasteiger partial charge in [0.25, 0.3) is 0 Å². The molecule has 0 unspecified atom stereocenters. The largest absolute Gasteiger partial charge is 1.00 e. The van der Waals surface area contributed by atoms with E-state index in [1.165, 1.54) is 14.2 Å². The first-order chi connectivity index (χ1) is 8.25. The van der Waals surface area contributed by atoms with Gasteiger partial charge in [-0.3, -0.25) is 9.32 Å². The topological polar surface area (TPSA) is 38.8 Å². The van der Waals surface area contributed by atoms with Crippen LogP contribution in [0.15, 0.2) is 18.2 Å². The third kappa shape index (κ3) is 4.96. The summed E-state index contributed by atoms with van der Waals surface area (Å²) < 4.78 is 5.94. The molecule has 0 aromatic heterocycles. The molecule has 1 aromatic rings. The minimum Gasteiger partial charge on any atom is -1.00 e. The fourth-order valence-corrected chi connectivity index (χ4v) is 1.35. The Morgan fingerprint density at radius 3 is 2.32 bits per heavy atom. The molecule has 0 bridgehead atoms. The number of nitrogens with zero attached hydrogens (tertiary/aromatic N) is 2. The number of ether oxygens (including phenoxy) is 1. The molecule has 1 amide bonds. The number of carbonyl (C=O) groups is 1. The molecule has 1 rings (SSSR count). The van der Waals surface area contributed by atoms with Gasteiger partial charge in [0.1, 0.15) is 11.4 Å². The fourth-order valence-electron chi connectivity index (χ4n) is 1.35. The molecule has 0 saturated heterocycles. The van der Waals surface area contributed by atoms with Crippen molar-refractivity contribution in [3.8, 4) is 5.75 Å². The monoisotopic (exact) mass is 380 g/mol. The second-order valence-electron chi connectivity index (χ2n) is 5.01. The van der Waals surface area contributed by atoms with Gasteiger partial charge in [-0.05, 0) is 24.6 Å². The second kappa shape index (κ2) is 7.06. The molecule has 0 radical (unpaired) electrons. The summed E-state index contributed by atoms with van der Waals surface area (Å²) in [5.74, 6) is 0.550. The zero-order chi connectivity index (χ0) is 13.9. The first kappa shape index (κ1) is 18.1. The van der Waals surface area contributed by atoms with E-state index in [0.717, 1.165) is 16.3 Å². The van der Waals surface area contributed by atoms with Gasteiger partial charge in [-0.1, -0.05) is 0 Å². The first-order valence-electron chi connectivity index (χ1n) is 5.68. The van der Waals surface area contributed by atoms with Crippen LogP contribution in [0.3, 0.4) is 0 Å². The van der Waals surface area contributed by atoms with Gasteiger partial charge in [0.2, 0.25) is 0 Å². The van der Waals surface area contributed by atoms with E-state index < -0.39 is 6.09 Å². The lowest BCUT2D eigenvalue weighted by molar-refractivity contribution is -0.0791. The Morgan fingerprint density at radius 1 is 1.26 bits per heavy atom. The second-order valence-corrected chi connectivity index (χ2v) is 5.01. The highest BCUT2D eigenvalue weighted by molar-refractivity contribution is 5.70. The van der Waals surface area contributed by atoms with Crippen LogP contribution in [0.25, 0.3) is 0 Å². The summed E-state index contributed by atoms with van der Waals surface area (Å²) in [6.07, 6.45) is -0.542. The predicted molar refractivity (Wildman–Crippen MR) is 71.5 cm³/mol. The van der Waals surface area contributed by atoms with Gasteiger partial charge < -0.3 is 28.7 Å². The summed E-state index contributed by atoms with van der Waals surface area (Å²) in [6.45, 7) is 1.90. The molecule has 0 spiro atoms. The Bertz CT molecular complexity index is 444. The van der Waals surface area contributed by atoms with Gasteiger partial charge in [-0.2, -0.15) is 5.06 Å². The number of rotatable bonds is 3. The molecule has 6 heteroatoms. The highest BCUT2D eigenvalue weighted by Crippen LogP contribution is 2.27. The normalized spacial score (nSPS) is 10.6. The van der Waals surface area contributed by atoms with E-state index in [2.05, 4.69) is 21.1 Å². The summed E-state index contributed by atoms with van der Waals surface area (Å²) in [6, 6.07) is 5.83. The molecule has 0 N–H and O–H groups in total. The lowest BCUT2D eigenvalue weighted by Crippen LogP contribution is -3.00. The maximum absolute atomic E-state index is 11.6. The number of hydroxylamine groups is 2. The van der Waals surface area contributed by atoms with E-state index in [1.807, 2.05) is 25.1 Å². The van der Waals surface area contributed by atoms with Gasteiger partial charge in [0.05, 0.1) is 28.3 Å². The highest BCUT2D eigenvalue weighted by Gasteiger charge is 2.17. The Hall–Kier alpha value is -0.860. The molecule has 1 aromatic carbocycles. The van der Waals surface area contributed by atoms with E-state index in [0.29, 0.717) is 10.2 Å². The van der Waals surface area contributed by atoms with Crippen molar-refractivity contribution < 1.29 is 38.3 Å². The van der Waals surface area contributed by atoms with Crippen LogP contribution >= 0.6 is 0 Å². The summed E-state index contributed by atoms with van der Waals surface area (Å²) >= 11 is 0. The quantitative estimate of drug-likeness (QED) is 0.391. The summed E-state index contributed by atoms with van der Waals surface area (Å²) in [4.78, 5) is 16.4. The van der Waals surface area contributed by atoms with Crippen LogP contribution < -0.4 is 33.2 Å². The number of quaternary nitrogens is 1. The van der Waals surface area contributed by atoms with Crippen LogP contribution in [0.5, 0.6) is 5.75 Å². The molecule has 0 saturated carbocycles. The molecule has 0 atom stereocenters. The maximum atomic E-state index is 11.6. The van der Waals surface area contributed by atoms with Gasteiger partial charge in [0.15, 0.2) is 0 Å². The summed E-state index contributed by atoms with van der Waals surface area (Å²) in [5.41, 5.74) is 1.97. The van der Waals surface area contributed by atoms with Crippen molar-refractivity contribution in [2.75, 3.05) is 35.3 Å². The smallest absolute Gasteiger partial charge is 0.439 e. The van der Waals surface area contributed by atoms with Crippen molar-refractivity contribution in [1.29, 1.82) is 0 Å². The molecule has 0 fully saturated rings. The van der Waals surface area contributed by atoms with Crippen molar-refractivity contribution in [2.24, 2.45) is 0 Å². The Kier molecular flexibility index (Phi) is 6.74. The fraction of sp³-hybridized carbons (Fsp3) is 0.462. The average Bonchev–Trinajstić information content (AvgIpc) is 2.29. The molecular weight excluding hydrogens is 359 g/mol. The molecule has 0 heterocycles. The average molecular weight is 380 g/mol. The molecule has 0 aliphatic heterocycles. The van der Waals surface area contributed by atoms with E-state index in [4.69, 9.17) is 9.57 Å². The van der Waals surface area contributed by atoms with Crippen LogP contribution in [0.2, 0.25) is 0 Å². The van der Waals surface area contributed by atoms with Crippen LogP contribution in [-0.2, 0) is 4.84 Å². The minimum absolute atomic E-state index is 0. The van der Waals surface area contributed by atoms with Crippen LogP contribution in [-0.4, -0.2) is 46.5 Å². The van der Waals surface area contributed by atoms with Crippen LogP contribution in [0.4, 0.5) is 10.5 Å². The molecule has 0 aliphatic rings. The zero-order valence-corrected chi connectivity index (χ0v) is 14.4. The van der Waals surface area contributed by atoms with Crippen molar-refractivity contribution in [3.63, 3.8) is 0 Å². The number of carbonyl (C=O) groups excluding carboxylic acids is 1. The van der Waals surface area contributed by atoms with E-state index in [-0.39, 0.29) is 24.0 Å². The lowest BCUT2D eigenvalue weighted by atomic mass is 10.2. The van der Waals surface area contributed by atoms with Gasteiger partial charge >= 0.3 is 6.09 Å². The molecular formula is C13H21IN2O3. The first-order valence-corrected chi connectivity index (χ1v) is 5.68. The van der Waals surface area contributed by atoms with Crippen LogP contribution in [0.1, 0.15) is 5.56 Å². The van der Waals surface area contributed by atoms with E-state index in [1.54, 1.807) is 0 Å². The Balaban J connectivity index is 0.00000324. The third-order valence-electron chi connectivity index (χ3n) is 2.67. The van der Waals surface area contributed by atoms with Gasteiger partial charge in [0, 0.05) is 13.1 Å². The zero-order valence-electron chi connectivity index (χ0n) is 12.2. The van der Waals surface area contributed by atoms with Gasteiger partial charge in [-0.15, -0.1) is 0 Å².